The molecule has 124 valence electrons. The van der Waals surface area contributed by atoms with Crippen LogP contribution in [0.3, 0.4) is 0 Å². The molecule has 3 rings (SSSR count). The zero-order chi connectivity index (χ0) is 16.4. The van der Waals surface area contributed by atoms with E-state index in [0.717, 1.165) is 30.0 Å². The Morgan fingerprint density at radius 2 is 1.96 bits per heavy atom. The third-order valence-corrected chi connectivity index (χ3v) is 5.22. The van der Waals surface area contributed by atoms with Crippen molar-refractivity contribution in [3.63, 3.8) is 0 Å². The predicted octanol–water partition coefficient (Wildman–Crippen LogP) is 2.30. The number of carbonyl (C=O) groups excluding carboxylic acids is 2. The molecule has 5 heteroatoms. The molecule has 3 unspecified atom stereocenters. The van der Waals surface area contributed by atoms with Crippen LogP contribution in [0.5, 0.6) is 0 Å². The fourth-order valence-electron chi connectivity index (χ4n) is 4.02. The van der Waals surface area contributed by atoms with Crippen LogP contribution in [0.2, 0.25) is 0 Å². The van der Waals surface area contributed by atoms with Crippen LogP contribution in [-0.2, 0) is 9.59 Å². The number of hydrogen-bond acceptors (Lipinski definition) is 3. The van der Waals surface area contributed by atoms with Crippen molar-refractivity contribution in [1.82, 2.24) is 10.9 Å². The number of nitrogens with one attached hydrogen (secondary N) is 3. The number of fused-ring (bicyclic) bond motifs is 2. The fraction of sp³-hybridized carbons (Fsp3) is 0.556. The molecule has 5 nitrogen and oxygen atoms in total. The van der Waals surface area contributed by atoms with Crippen LogP contribution in [0.1, 0.15) is 36.8 Å². The molecule has 3 N–H and O–H groups in total. The van der Waals surface area contributed by atoms with Gasteiger partial charge < -0.3 is 5.32 Å². The third-order valence-electron chi connectivity index (χ3n) is 5.22. The first kappa shape index (κ1) is 15.8. The number of rotatable bonds is 4. The summed E-state index contributed by atoms with van der Waals surface area (Å²) in [6.07, 6.45) is 4.58. The number of anilines is 1. The van der Waals surface area contributed by atoms with Gasteiger partial charge >= 0.3 is 0 Å². The van der Waals surface area contributed by atoms with Gasteiger partial charge in [0, 0.05) is 11.6 Å². The molecule has 2 aliphatic carbocycles. The number of amides is 2. The molecule has 1 aromatic rings. The lowest BCUT2D eigenvalue weighted by Crippen LogP contribution is -2.47. The molecule has 23 heavy (non-hydrogen) atoms. The summed E-state index contributed by atoms with van der Waals surface area (Å²) in [5.41, 5.74) is 8.34. The van der Waals surface area contributed by atoms with Crippen molar-refractivity contribution in [2.45, 2.75) is 39.5 Å². The first-order chi connectivity index (χ1) is 11.0. The average Bonchev–Trinajstić information content (AvgIpc) is 3.14. The van der Waals surface area contributed by atoms with Gasteiger partial charge in [0.05, 0.1) is 6.54 Å². The molecule has 0 aliphatic heterocycles. The van der Waals surface area contributed by atoms with E-state index in [0.29, 0.717) is 5.92 Å². The summed E-state index contributed by atoms with van der Waals surface area (Å²) in [6, 6.07) is 6.03. The molecule has 1 aromatic carbocycles. The Morgan fingerprint density at radius 1 is 1.13 bits per heavy atom. The summed E-state index contributed by atoms with van der Waals surface area (Å²) < 4.78 is 0. The summed E-state index contributed by atoms with van der Waals surface area (Å²) >= 11 is 0. The molecule has 0 aromatic heterocycles. The lowest BCUT2D eigenvalue weighted by molar-refractivity contribution is -0.131. The minimum absolute atomic E-state index is 0.0305. The van der Waals surface area contributed by atoms with Crippen LogP contribution in [-0.4, -0.2) is 18.4 Å². The van der Waals surface area contributed by atoms with Crippen molar-refractivity contribution >= 4 is 17.5 Å². The quantitative estimate of drug-likeness (QED) is 0.747. The summed E-state index contributed by atoms with van der Waals surface area (Å²) in [7, 11) is 0. The first-order valence-electron chi connectivity index (χ1n) is 8.42. The lowest BCUT2D eigenvalue weighted by Gasteiger charge is -2.21. The molecule has 2 bridgehead atoms. The van der Waals surface area contributed by atoms with E-state index in [4.69, 9.17) is 0 Å². The Bertz CT molecular complexity index is 614. The first-order valence-corrected chi connectivity index (χ1v) is 8.42. The Kier molecular flexibility index (Phi) is 4.55. The van der Waals surface area contributed by atoms with Gasteiger partial charge in [-0.3, -0.25) is 20.4 Å². The number of hydrazine groups is 1. The van der Waals surface area contributed by atoms with E-state index >= 15 is 0 Å². The highest BCUT2D eigenvalue weighted by molar-refractivity contribution is 5.85. The van der Waals surface area contributed by atoms with E-state index in [1.807, 2.05) is 26.0 Å². The largest absolute Gasteiger partial charge is 0.376 e. The van der Waals surface area contributed by atoms with Gasteiger partial charge in [-0.25, -0.2) is 0 Å². The normalized spacial score (nSPS) is 25.2. The molecule has 2 amide bonds. The molecule has 0 saturated heterocycles. The van der Waals surface area contributed by atoms with Crippen molar-refractivity contribution in [3.8, 4) is 0 Å². The van der Waals surface area contributed by atoms with Crippen LogP contribution in [0, 0.1) is 31.6 Å². The molecule has 2 saturated carbocycles. The fourth-order valence-corrected chi connectivity index (χ4v) is 4.02. The molecular weight excluding hydrogens is 290 g/mol. The Labute approximate surface area is 137 Å². The number of benzene rings is 1. The highest BCUT2D eigenvalue weighted by atomic mass is 16.2. The maximum atomic E-state index is 12.2. The molecule has 0 heterocycles. The van der Waals surface area contributed by atoms with Crippen LogP contribution in [0.4, 0.5) is 5.69 Å². The molecule has 2 aliphatic rings. The van der Waals surface area contributed by atoms with Gasteiger partial charge in [0.1, 0.15) is 0 Å². The summed E-state index contributed by atoms with van der Waals surface area (Å²) in [5.74, 6) is 1.06. The van der Waals surface area contributed by atoms with Gasteiger partial charge in [-0.2, -0.15) is 0 Å². The van der Waals surface area contributed by atoms with Gasteiger partial charge in [0.2, 0.25) is 5.91 Å². The standard InChI is InChI=1S/C18H25N3O2/c1-11-3-6-16(12(2)7-11)19-10-17(22)20-21-18(23)15-9-13-4-5-14(15)8-13/h3,6-7,13-15,19H,4-5,8-10H2,1-2H3,(H,20,22)(H,21,23). The molecule has 2 fully saturated rings. The van der Waals surface area contributed by atoms with E-state index in [1.165, 1.54) is 18.4 Å². The molecule has 0 radical (unpaired) electrons. The number of aryl methyl sites for hydroxylation is 2. The van der Waals surface area contributed by atoms with Crippen LogP contribution < -0.4 is 16.2 Å². The number of hydrogen-bond donors (Lipinski definition) is 3. The topological polar surface area (TPSA) is 70.2 Å². The van der Waals surface area contributed by atoms with Gasteiger partial charge in [-0.1, -0.05) is 24.1 Å². The minimum Gasteiger partial charge on any atom is -0.376 e. The highest BCUT2D eigenvalue weighted by Crippen LogP contribution is 2.48. The summed E-state index contributed by atoms with van der Waals surface area (Å²) in [5, 5.41) is 3.10. The number of carbonyl (C=O) groups is 2. The van der Waals surface area contributed by atoms with E-state index in [-0.39, 0.29) is 24.3 Å². The zero-order valence-electron chi connectivity index (χ0n) is 13.8. The van der Waals surface area contributed by atoms with Gasteiger partial charge in [-0.05, 0) is 56.6 Å². The molecular formula is C18H25N3O2. The van der Waals surface area contributed by atoms with Crippen LogP contribution in [0.15, 0.2) is 18.2 Å². The van der Waals surface area contributed by atoms with Crippen molar-refractivity contribution in [1.29, 1.82) is 0 Å². The second kappa shape index (κ2) is 6.60. The van der Waals surface area contributed by atoms with Gasteiger partial charge in [0.25, 0.3) is 5.91 Å². The van der Waals surface area contributed by atoms with Crippen molar-refractivity contribution in [2.24, 2.45) is 17.8 Å². The van der Waals surface area contributed by atoms with Crippen molar-refractivity contribution < 1.29 is 9.59 Å². The maximum absolute atomic E-state index is 12.2. The minimum atomic E-state index is -0.235. The summed E-state index contributed by atoms with van der Waals surface area (Å²) in [4.78, 5) is 24.0. The second-order valence-corrected chi connectivity index (χ2v) is 6.99. The Hall–Kier alpha value is -2.04. The highest BCUT2D eigenvalue weighted by Gasteiger charge is 2.43. The lowest BCUT2D eigenvalue weighted by atomic mass is 9.88. The smallest absolute Gasteiger partial charge is 0.257 e. The van der Waals surface area contributed by atoms with Crippen LogP contribution >= 0.6 is 0 Å². The van der Waals surface area contributed by atoms with E-state index in [2.05, 4.69) is 22.2 Å². The molecule has 3 atom stereocenters. The van der Waals surface area contributed by atoms with E-state index in [9.17, 15) is 9.59 Å². The molecule has 0 spiro atoms. The predicted molar refractivity (Wildman–Crippen MR) is 89.6 cm³/mol. The maximum Gasteiger partial charge on any atom is 0.257 e. The monoisotopic (exact) mass is 315 g/mol. The van der Waals surface area contributed by atoms with Gasteiger partial charge in [-0.15, -0.1) is 0 Å². The van der Waals surface area contributed by atoms with E-state index in [1.54, 1.807) is 0 Å². The third kappa shape index (κ3) is 3.66. The average molecular weight is 315 g/mol. The Balaban J connectivity index is 1.42. The Morgan fingerprint density at radius 3 is 2.61 bits per heavy atom. The van der Waals surface area contributed by atoms with Crippen molar-refractivity contribution in [2.75, 3.05) is 11.9 Å². The van der Waals surface area contributed by atoms with Crippen LogP contribution in [0.25, 0.3) is 0 Å². The summed E-state index contributed by atoms with van der Waals surface area (Å²) in [6.45, 7) is 4.18. The van der Waals surface area contributed by atoms with Gasteiger partial charge in [0.15, 0.2) is 0 Å². The second-order valence-electron chi connectivity index (χ2n) is 6.99. The van der Waals surface area contributed by atoms with Crippen molar-refractivity contribution in [3.05, 3.63) is 29.3 Å². The SMILES string of the molecule is Cc1ccc(NCC(=O)NNC(=O)C2CC3CCC2C3)c(C)c1. The van der Waals surface area contributed by atoms with E-state index < -0.39 is 0 Å². The zero-order valence-corrected chi connectivity index (χ0v) is 13.8.